The number of anilines is 1. The monoisotopic (exact) mass is 564 g/mol. The van der Waals surface area contributed by atoms with E-state index in [4.69, 9.17) is 21.0 Å². The lowest BCUT2D eigenvalue weighted by atomic mass is 9.96. The van der Waals surface area contributed by atoms with Crippen molar-refractivity contribution in [2.24, 2.45) is 7.05 Å². The number of benzene rings is 3. The van der Waals surface area contributed by atoms with Gasteiger partial charge in [-0.15, -0.1) is 0 Å². The van der Waals surface area contributed by atoms with E-state index in [1.807, 2.05) is 67.9 Å². The summed E-state index contributed by atoms with van der Waals surface area (Å²) in [6.07, 6.45) is 1.65. The molecule has 0 spiro atoms. The van der Waals surface area contributed by atoms with Crippen molar-refractivity contribution in [1.82, 2.24) is 19.4 Å². The number of rotatable bonds is 5. The number of likely N-dealkylation sites (N-methyl/N-ethyl adjacent to an activating group) is 1. The fraction of sp³-hybridized carbons (Fsp3) is 0.250. The number of amides is 1. The summed E-state index contributed by atoms with van der Waals surface area (Å²) in [5.41, 5.74) is 8.54. The lowest BCUT2D eigenvalue weighted by molar-refractivity contribution is 0.101. The van der Waals surface area contributed by atoms with Crippen molar-refractivity contribution in [3.8, 4) is 28.7 Å². The Hall–Kier alpha value is -4.45. The Bertz CT molecular complexity index is 1880. The maximum atomic E-state index is 13.3. The summed E-state index contributed by atoms with van der Waals surface area (Å²) in [7, 11) is 3.93. The van der Waals surface area contributed by atoms with Gasteiger partial charge in [-0.1, -0.05) is 42.8 Å². The fourth-order valence-corrected chi connectivity index (χ4v) is 5.80. The van der Waals surface area contributed by atoms with Crippen LogP contribution in [0.25, 0.3) is 33.7 Å². The molecule has 0 saturated heterocycles. The molecule has 0 bridgehead atoms. The Labute approximate surface area is 243 Å². The van der Waals surface area contributed by atoms with E-state index in [0.29, 0.717) is 39.1 Å². The van der Waals surface area contributed by atoms with Crippen LogP contribution in [0.2, 0.25) is 5.02 Å². The second-order valence-corrected chi connectivity index (χ2v) is 10.8. The van der Waals surface area contributed by atoms with Crippen molar-refractivity contribution in [2.75, 3.05) is 18.9 Å². The summed E-state index contributed by atoms with van der Waals surface area (Å²) in [5.74, 6) is 0.498. The van der Waals surface area contributed by atoms with E-state index >= 15 is 0 Å². The number of aryl methyl sites for hydroxylation is 1. The molecule has 1 N–H and O–H groups in total. The number of hydrogen-bond donors (Lipinski definition) is 1. The predicted octanol–water partition coefficient (Wildman–Crippen LogP) is 6.53. The standard InChI is InChI=1S/C32H29ClN6O2/c1-5-19-14-20(16-34)29-25(15-19)37-32(41-29)22-9-6-8-21(18(22)2)23-10-7-11-24(28(23)33)36-31(40)30-35-26-17-38(3)13-12-27(26)39(30)4/h6-11,14-15H,5,12-13,17H2,1-4H3,(H,36,40). The van der Waals surface area contributed by atoms with E-state index in [1.165, 1.54) is 0 Å². The third kappa shape index (κ3) is 4.67. The zero-order valence-corrected chi connectivity index (χ0v) is 24.1. The molecule has 206 valence electrons. The number of nitrogens with one attached hydrogen (secondary N) is 1. The molecule has 6 rings (SSSR count). The molecular weight excluding hydrogens is 536 g/mol. The van der Waals surface area contributed by atoms with Gasteiger partial charge in [-0.05, 0) is 61.3 Å². The molecule has 1 aliphatic heterocycles. The molecule has 1 aliphatic rings. The van der Waals surface area contributed by atoms with E-state index in [9.17, 15) is 10.1 Å². The number of imidazole rings is 1. The largest absolute Gasteiger partial charge is 0.435 e. The smallest absolute Gasteiger partial charge is 0.291 e. The second-order valence-electron chi connectivity index (χ2n) is 10.5. The molecule has 5 aromatic rings. The SMILES string of the molecule is CCc1cc(C#N)c2oc(-c3cccc(-c4cccc(NC(=O)c5nc6c(n5C)CCN(C)C6)c4Cl)c3C)nc2c1. The number of carbonyl (C=O) groups is 1. The van der Waals surface area contributed by atoms with Gasteiger partial charge in [0.1, 0.15) is 11.6 Å². The van der Waals surface area contributed by atoms with Crippen LogP contribution in [0.5, 0.6) is 0 Å². The zero-order chi connectivity index (χ0) is 28.8. The number of halogens is 1. The van der Waals surface area contributed by atoms with Gasteiger partial charge in [0.05, 0.1) is 22.0 Å². The summed E-state index contributed by atoms with van der Waals surface area (Å²) in [5, 5.41) is 13.1. The van der Waals surface area contributed by atoms with Gasteiger partial charge in [0.2, 0.25) is 5.89 Å². The zero-order valence-electron chi connectivity index (χ0n) is 23.4. The Kier molecular flexibility index (Phi) is 6.86. The van der Waals surface area contributed by atoms with Gasteiger partial charge in [-0.3, -0.25) is 4.79 Å². The minimum atomic E-state index is -0.305. The normalized spacial score (nSPS) is 13.3. The number of nitriles is 1. The van der Waals surface area contributed by atoms with Crippen molar-refractivity contribution in [1.29, 1.82) is 5.26 Å². The molecule has 3 heterocycles. The maximum absolute atomic E-state index is 13.3. The molecule has 0 aliphatic carbocycles. The first kappa shape index (κ1) is 26.8. The number of oxazole rings is 1. The topological polar surface area (TPSA) is 100.0 Å². The van der Waals surface area contributed by atoms with Gasteiger partial charge >= 0.3 is 0 Å². The summed E-state index contributed by atoms with van der Waals surface area (Å²) in [4.78, 5) is 24.9. The molecule has 8 nitrogen and oxygen atoms in total. The first-order valence-corrected chi connectivity index (χ1v) is 13.9. The van der Waals surface area contributed by atoms with Gasteiger partial charge in [0.15, 0.2) is 11.4 Å². The summed E-state index contributed by atoms with van der Waals surface area (Å²) >= 11 is 6.92. The maximum Gasteiger partial charge on any atom is 0.291 e. The Morgan fingerprint density at radius 1 is 1.12 bits per heavy atom. The Morgan fingerprint density at radius 3 is 2.66 bits per heavy atom. The summed E-state index contributed by atoms with van der Waals surface area (Å²) in [6.45, 7) is 5.68. The molecule has 0 radical (unpaired) electrons. The van der Waals surface area contributed by atoms with E-state index in [2.05, 4.69) is 28.3 Å². The average Bonchev–Trinajstić information content (AvgIpc) is 3.54. The van der Waals surface area contributed by atoms with Crippen LogP contribution in [0, 0.1) is 18.3 Å². The molecular formula is C32H29ClN6O2. The molecule has 1 amide bonds. The van der Waals surface area contributed by atoms with Crippen molar-refractivity contribution in [3.63, 3.8) is 0 Å². The molecule has 9 heteroatoms. The van der Waals surface area contributed by atoms with Crippen molar-refractivity contribution in [3.05, 3.63) is 87.5 Å². The van der Waals surface area contributed by atoms with Crippen LogP contribution in [0.3, 0.4) is 0 Å². The third-order valence-electron chi connectivity index (χ3n) is 7.83. The molecule has 3 aromatic carbocycles. The number of hydrogen-bond acceptors (Lipinski definition) is 6. The average molecular weight is 565 g/mol. The first-order chi connectivity index (χ1) is 19.8. The highest BCUT2D eigenvalue weighted by Gasteiger charge is 2.25. The second kappa shape index (κ2) is 10.5. The Morgan fingerprint density at radius 2 is 1.88 bits per heavy atom. The number of aromatic nitrogens is 3. The molecule has 2 aromatic heterocycles. The van der Waals surface area contributed by atoms with Gasteiger partial charge < -0.3 is 19.2 Å². The number of fused-ring (bicyclic) bond motifs is 2. The van der Waals surface area contributed by atoms with Gasteiger partial charge in [0, 0.05) is 43.4 Å². The molecule has 0 saturated carbocycles. The van der Waals surface area contributed by atoms with Crippen molar-refractivity contribution >= 4 is 34.3 Å². The predicted molar refractivity (Wildman–Crippen MR) is 160 cm³/mol. The van der Waals surface area contributed by atoms with Crippen LogP contribution in [0.4, 0.5) is 5.69 Å². The molecule has 0 atom stereocenters. The number of carbonyl (C=O) groups excluding carboxylic acids is 1. The van der Waals surface area contributed by atoms with Gasteiger partial charge in [-0.2, -0.15) is 5.26 Å². The lowest BCUT2D eigenvalue weighted by Crippen LogP contribution is -2.27. The van der Waals surface area contributed by atoms with Crippen molar-refractivity contribution in [2.45, 2.75) is 33.2 Å². The van der Waals surface area contributed by atoms with E-state index < -0.39 is 0 Å². The van der Waals surface area contributed by atoms with Crippen LogP contribution in [-0.2, 0) is 26.4 Å². The quantitative estimate of drug-likeness (QED) is 0.260. The van der Waals surface area contributed by atoms with E-state index in [-0.39, 0.29) is 5.91 Å². The van der Waals surface area contributed by atoms with Crippen LogP contribution >= 0.6 is 11.6 Å². The highest BCUT2D eigenvalue weighted by Crippen LogP contribution is 2.39. The van der Waals surface area contributed by atoms with Gasteiger partial charge in [-0.25, -0.2) is 9.97 Å². The third-order valence-corrected chi connectivity index (χ3v) is 8.24. The van der Waals surface area contributed by atoms with Crippen molar-refractivity contribution < 1.29 is 9.21 Å². The minimum Gasteiger partial charge on any atom is -0.435 e. The van der Waals surface area contributed by atoms with E-state index in [1.54, 1.807) is 6.07 Å². The van der Waals surface area contributed by atoms with Crippen LogP contribution in [0.15, 0.2) is 52.9 Å². The van der Waals surface area contributed by atoms with Crippen LogP contribution < -0.4 is 5.32 Å². The van der Waals surface area contributed by atoms with Crippen LogP contribution in [-0.4, -0.2) is 38.9 Å². The molecule has 0 fully saturated rings. The number of nitrogens with zero attached hydrogens (tertiary/aromatic N) is 5. The highest BCUT2D eigenvalue weighted by molar-refractivity contribution is 6.36. The lowest BCUT2D eigenvalue weighted by Gasteiger charge is -2.21. The molecule has 0 unspecified atom stereocenters. The Balaban J connectivity index is 1.35. The van der Waals surface area contributed by atoms with Crippen LogP contribution in [0.1, 0.15) is 45.6 Å². The minimum absolute atomic E-state index is 0.305. The summed E-state index contributed by atoms with van der Waals surface area (Å²) in [6, 6.07) is 17.5. The fourth-order valence-electron chi connectivity index (χ4n) is 5.53. The first-order valence-electron chi connectivity index (χ1n) is 13.6. The van der Waals surface area contributed by atoms with E-state index in [0.717, 1.165) is 65.1 Å². The molecule has 41 heavy (non-hydrogen) atoms. The summed E-state index contributed by atoms with van der Waals surface area (Å²) < 4.78 is 8.00. The highest BCUT2D eigenvalue weighted by atomic mass is 35.5. The van der Waals surface area contributed by atoms with Gasteiger partial charge in [0.25, 0.3) is 5.91 Å².